The summed E-state index contributed by atoms with van der Waals surface area (Å²) in [6.45, 7) is 11.4. The Morgan fingerprint density at radius 2 is 2.09 bits per heavy atom. The first kappa shape index (κ1) is 23.8. The third-order valence-electron chi connectivity index (χ3n) is 5.70. The highest BCUT2D eigenvalue weighted by atomic mass is 19.4. The van der Waals surface area contributed by atoms with Crippen LogP contribution in [0.4, 0.5) is 13.2 Å². The highest BCUT2D eigenvalue weighted by Crippen LogP contribution is 2.36. The van der Waals surface area contributed by atoms with Crippen LogP contribution in [0.1, 0.15) is 37.0 Å². The molecule has 0 aromatic heterocycles. The average Bonchev–Trinajstić information content (AvgIpc) is 3.32. The van der Waals surface area contributed by atoms with Crippen molar-refractivity contribution in [3.05, 3.63) is 64.5 Å². The van der Waals surface area contributed by atoms with Gasteiger partial charge in [-0.1, -0.05) is 12.7 Å². The second-order valence-corrected chi connectivity index (χ2v) is 8.53. The number of hydrogen-bond acceptors (Lipinski definition) is 5. The van der Waals surface area contributed by atoms with Gasteiger partial charge in [0.15, 0.2) is 0 Å². The highest BCUT2D eigenvalue weighted by Gasteiger charge is 2.37. The van der Waals surface area contributed by atoms with Gasteiger partial charge < -0.3 is 26.8 Å². The largest absolute Gasteiger partial charge is 0.489 e. The lowest BCUT2D eigenvalue weighted by Crippen LogP contribution is -2.33. The number of hydrogen-bond donors (Lipinski definition) is 4. The Bertz CT molecular complexity index is 968. The Kier molecular flexibility index (Phi) is 6.93. The summed E-state index contributed by atoms with van der Waals surface area (Å²) in [4.78, 5) is 0. The van der Waals surface area contributed by atoms with Gasteiger partial charge in [-0.2, -0.15) is 13.2 Å². The summed E-state index contributed by atoms with van der Waals surface area (Å²) in [7, 11) is 0. The van der Waals surface area contributed by atoms with E-state index < -0.39 is 23.7 Å². The molecule has 0 bridgehead atoms. The van der Waals surface area contributed by atoms with Gasteiger partial charge in [-0.3, -0.25) is 0 Å². The van der Waals surface area contributed by atoms with E-state index in [1.54, 1.807) is 13.8 Å². The maximum Gasteiger partial charge on any atom is 0.416 e. The van der Waals surface area contributed by atoms with E-state index in [-0.39, 0.29) is 11.8 Å². The Balaban J connectivity index is 1.86. The number of halogens is 3. The number of nitrogens with one attached hydrogen (secondary N) is 2. The molecule has 0 amide bonds. The standard InChI is InChI=1S/C24H31F3N4O/c1-13-7-17(8-14(2)28)20(11-23(13)32-19-5-6-30-12-19)15(3)31-16(4)21-9-18(10-22(21)29)24(25,26)27/h7-11,16,19,21,30-31H,3,5-6,12,28-29H2,1-2,4H3/b14-8-/t16?,19-,21?/m0/s1. The van der Waals surface area contributed by atoms with Gasteiger partial charge in [0.25, 0.3) is 0 Å². The van der Waals surface area contributed by atoms with Crippen molar-refractivity contribution in [2.75, 3.05) is 13.1 Å². The van der Waals surface area contributed by atoms with E-state index in [0.29, 0.717) is 11.4 Å². The molecule has 0 spiro atoms. The molecule has 1 fully saturated rings. The number of aryl methyl sites for hydroxylation is 1. The van der Waals surface area contributed by atoms with Crippen molar-refractivity contribution >= 4 is 11.8 Å². The second kappa shape index (κ2) is 9.32. The Morgan fingerprint density at radius 1 is 1.38 bits per heavy atom. The summed E-state index contributed by atoms with van der Waals surface area (Å²) >= 11 is 0. The molecule has 1 aromatic carbocycles. The van der Waals surface area contributed by atoms with Crippen LogP contribution in [0.15, 0.2) is 47.8 Å². The molecule has 3 rings (SSSR count). The molecule has 0 saturated carbocycles. The Labute approximate surface area is 187 Å². The summed E-state index contributed by atoms with van der Waals surface area (Å²) < 4.78 is 45.4. The lowest BCUT2D eigenvalue weighted by Gasteiger charge is -2.25. The minimum atomic E-state index is -4.43. The topological polar surface area (TPSA) is 85.3 Å². The van der Waals surface area contributed by atoms with Gasteiger partial charge in [-0.05, 0) is 69.1 Å². The molecule has 0 radical (unpaired) electrons. The van der Waals surface area contributed by atoms with Gasteiger partial charge in [0.1, 0.15) is 11.9 Å². The minimum absolute atomic E-state index is 0.0914. The van der Waals surface area contributed by atoms with Crippen LogP contribution in [0, 0.1) is 12.8 Å². The molecule has 174 valence electrons. The zero-order chi connectivity index (χ0) is 23.6. The first-order valence-corrected chi connectivity index (χ1v) is 10.6. The predicted molar refractivity (Wildman–Crippen MR) is 122 cm³/mol. The molecule has 2 unspecified atom stereocenters. The first-order valence-electron chi connectivity index (χ1n) is 10.6. The maximum atomic E-state index is 13.1. The van der Waals surface area contributed by atoms with E-state index in [0.717, 1.165) is 54.1 Å². The summed E-state index contributed by atoms with van der Waals surface area (Å²) in [5, 5.41) is 6.51. The van der Waals surface area contributed by atoms with Gasteiger partial charge in [-0.15, -0.1) is 0 Å². The zero-order valence-corrected chi connectivity index (χ0v) is 18.6. The predicted octanol–water partition coefficient (Wildman–Crippen LogP) is 3.97. The average molecular weight is 449 g/mol. The molecule has 1 aliphatic carbocycles. The number of rotatable bonds is 7. The van der Waals surface area contributed by atoms with Crippen LogP contribution in [-0.4, -0.2) is 31.4 Å². The van der Waals surface area contributed by atoms with Crippen LogP contribution in [0.2, 0.25) is 0 Å². The second-order valence-electron chi connectivity index (χ2n) is 8.53. The summed E-state index contributed by atoms with van der Waals surface area (Å²) in [6, 6.07) is 3.49. The molecular formula is C24H31F3N4O. The van der Waals surface area contributed by atoms with Gasteiger partial charge >= 0.3 is 6.18 Å². The number of allylic oxidation sites excluding steroid dienone is 3. The maximum absolute atomic E-state index is 13.1. The molecule has 1 heterocycles. The lowest BCUT2D eigenvalue weighted by atomic mass is 9.97. The van der Waals surface area contributed by atoms with E-state index in [2.05, 4.69) is 17.2 Å². The molecule has 3 atom stereocenters. The first-order chi connectivity index (χ1) is 15.0. The fraction of sp³-hybridized carbons (Fsp3) is 0.417. The molecule has 1 saturated heterocycles. The van der Waals surface area contributed by atoms with E-state index >= 15 is 0 Å². The molecule has 8 heteroatoms. The van der Waals surface area contributed by atoms with E-state index in [1.165, 1.54) is 0 Å². The Hall–Kier alpha value is -2.87. The van der Waals surface area contributed by atoms with Crippen LogP contribution in [0.5, 0.6) is 5.75 Å². The molecule has 2 aliphatic rings. The molecule has 6 N–H and O–H groups in total. The van der Waals surface area contributed by atoms with E-state index in [9.17, 15) is 13.2 Å². The SMILES string of the molecule is C=C(NC(C)C1C=C(C(F)(F)F)C=C1N)c1cc(O[C@H]2CCNC2)c(C)cc1/C=C(/C)N. The van der Waals surface area contributed by atoms with Crippen molar-refractivity contribution < 1.29 is 17.9 Å². The van der Waals surface area contributed by atoms with Gasteiger partial charge in [0, 0.05) is 41.2 Å². The van der Waals surface area contributed by atoms with Crippen LogP contribution in [-0.2, 0) is 0 Å². The van der Waals surface area contributed by atoms with Crippen LogP contribution >= 0.6 is 0 Å². The number of ether oxygens (including phenoxy) is 1. The van der Waals surface area contributed by atoms with Crippen LogP contribution in [0.3, 0.4) is 0 Å². The zero-order valence-electron chi connectivity index (χ0n) is 18.6. The number of alkyl halides is 3. The molecular weight excluding hydrogens is 417 g/mol. The van der Waals surface area contributed by atoms with Crippen molar-refractivity contribution in [2.45, 2.75) is 45.5 Å². The molecule has 1 aromatic rings. The third kappa shape index (κ3) is 5.48. The lowest BCUT2D eigenvalue weighted by molar-refractivity contribution is -0.0882. The smallest absolute Gasteiger partial charge is 0.416 e. The Morgan fingerprint density at radius 3 is 2.66 bits per heavy atom. The van der Waals surface area contributed by atoms with E-state index in [1.807, 2.05) is 25.1 Å². The summed E-state index contributed by atoms with van der Waals surface area (Å²) in [6.07, 6.45) is 0.577. The fourth-order valence-electron chi connectivity index (χ4n) is 4.04. The minimum Gasteiger partial charge on any atom is -0.489 e. The van der Waals surface area contributed by atoms with Crippen molar-refractivity contribution in [3.8, 4) is 5.75 Å². The van der Waals surface area contributed by atoms with Crippen molar-refractivity contribution in [1.82, 2.24) is 10.6 Å². The molecule has 32 heavy (non-hydrogen) atoms. The van der Waals surface area contributed by atoms with Crippen LogP contribution in [0.25, 0.3) is 11.8 Å². The van der Waals surface area contributed by atoms with Gasteiger partial charge in [0.05, 0.1) is 5.57 Å². The number of nitrogens with two attached hydrogens (primary N) is 2. The monoisotopic (exact) mass is 448 g/mol. The van der Waals surface area contributed by atoms with Crippen LogP contribution < -0.4 is 26.8 Å². The normalized spacial score (nSPS) is 22.4. The van der Waals surface area contributed by atoms with E-state index in [4.69, 9.17) is 16.2 Å². The van der Waals surface area contributed by atoms with Gasteiger partial charge in [0.2, 0.25) is 0 Å². The molecule has 1 aliphatic heterocycles. The number of benzene rings is 1. The quantitative estimate of drug-likeness (QED) is 0.507. The fourth-order valence-corrected chi connectivity index (χ4v) is 4.04. The van der Waals surface area contributed by atoms with Crippen molar-refractivity contribution in [1.29, 1.82) is 0 Å². The highest BCUT2D eigenvalue weighted by molar-refractivity contribution is 5.75. The van der Waals surface area contributed by atoms with Gasteiger partial charge in [-0.25, -0.2) is 0 Å². The van der Waals surface area contributed by atoms with Crippen molar-refractivity contribution in [3.63, 3.8) is 0 Å². The third-order valence-corrected chi connectivity index (χ3v) is 5.70. The van der Waals surface area contributed by atoms with Crippen molar-refractivity contribution in [2.24, 2.45) is 17.4 Å². The molecule has 5 nitrogen and oxygen atoms in total. The summed E-state index contributed by atoms with van der Waals surface area (Å²) in [5.74, 6) is 0.153. The summed E-state index contributed by atoms with van der Waals surface area (Å²) in [5.41, 5.74) is 15.0.